The maximum atomic E-state index is 12.4. The van der Waals surface area contributed by atoms with E-state index in [2.05, 4.69) is 21.4 Å². The largest absolute Gasteiger partial charge is 0.296 e. The molecule has 0 bridgehead atoms. The van der Waals surface area contributed by atoms with Crippen LogP contribution in [0.3, 0.4) is 0 Å². The van der Waals surface area contributed by atoms with Crippen LogP contribution in [0.25, 0.3) is 10.2 Å². The van der Waals surface area contributed by atoms with Gasteiger partial charge in [0.15, 0.2) is 5.13 Å². The number of nitrogens with zero attached hydrogens (tertiary/aromatic N) is 3. The minimum Gasteiger partial charge on any atom is -0.296 e. The van der Waals surface area contributed by atoms with E-state index in [1.807, 2.05) is 52.3 Å². The second-order valence-electron chi connectivity index (χ2n) is 6.34. The average Bonchev–Trinajstić information content (AvgIpc) is 2.87. The van der Waals surface area contributed by atoms with E-state index >= 15 is 0 Å². The van der Waals surface area contributed by atoms with Gasteiger partial charge in [-0.25, -0.2) is 4.98 Å². The first kappa shape index (κ1) is 15.6. The number of aryl methyl sites for hydroxylation is 1. The Labute approximate surface area is 139 Å². The molecule has 0 unspecified atom stereocenters. The second-order valence-corrected chi connectivity index (χ2v) is 7.37. The predicted molar refractivity (Wildman–Crippen MR) is 96.1 cm³/mol. The fourth-order valence-electron chi connectivity index (χ4n) is 2.17. The third-order valence-electron chi connectivity index (χ3n) is 3.42. The summed E-state index contributed by atoms with van der Waals surface area (Å²) in [5.74, 6) is 0.591. The molecule has 2 heterocycles. The summed E-state index contributed by atoms with van der Waals surface area (Å²) in [4.78, 5) is 21.3. The maximum absolute atomic E-state index is 12.4. The number of carbonyl (C=O) groups excluding carboxylic acids is 1. The molecule has 0 fully saturated rings. The fourth-order valence-corrected chi connectivity index (χ4v) is 3.13. The van der Waals surface area contributed by atoms with Crippen molar-refractivity contribution in [2.75, 3.05) is 26.5 Å². The third-order valence-corrected chi connectivity index (χ3v) is 4.35. The van der Waals surface area contributed by atoms with Crippen molar-refractivity contribution in [2.24, 2.45) is 0 Å². The maximum Gasteiger partial charge on any atom is 0.276 e. The highest BCUT2D eigenvalue weighted by molar-refractivity contribution is 7.22. The van der Waals surface area contributed by atoms with E-state index in [-0.39, 0.29) is 5.91 Å². The van der Waals surface area contributed by atoms with Gasteiger partial charge < -0.3 is 0 Å². The Morgan fingerprint density at radius 1 is 1.13 bits per heavy atom. The van der Waals surface area contributed by atoms with Crippen molar-refractivity contribution in [1.29, 1.82) is 0 Å². The molecule has 0 atom stereocenters. The molecular weight excluding hydrogens is 308 g/mol. The van der Waals surface area contributed by atoms with Crippen molar-refractivity contribution in [3.8, 4) is 0 Å². The molecule has 0 aliphatic rings. The van der Waals surface area contributed by atoms with E-state index < -0.39 is 0 Å². The van der Waals surface area contributed by atoms with Gasteiger partial charge in [0.2, 0.25) is 5.82 Å². The van der Waals surface area contributed by atoms with Gasteiger partial charge in [-0.1, -0.05) is 23.5 Å². The number of benzene rings is 1. The first-order chi connectivity index (χ1) is 10.8. The Bertz CT molecular complexity index is 880. The van der Waals surface area contributed by atoms with Gasteiger partial charge in [-0.15, -0.1) is 0 Å². The fraction of sp³-hybridized carbons (Fsp3) is 0.235. The molecule has 0 saturated heterocycles. The van der Waals surface area contributed by atoms with Gasteiger partial charge in [-0.3, -0.25) is 14.6 Å². The lowest BCUT2D eigenvalue weighted by molar-refractivity contribution is 0.102. The molecule has 6 heteroatoms. The van der Waals surface area contributed by atoms with E-state index in [1.54, 1.807) is 6.07 Å². The standard InChI is InChI=1S/C17H18N4OS/c1-11-8-9-12-14(10-11)23-17(19-12)20-16(22)13-6-5-7-15(18-13)21(2,3)4/h5-10H,1-4H3/p+1. The van der Waals surface area contributed by atoms with Crippen LogP contribution in [0.1, 0.15) is 16.1 Å². The molecule has 118 valence electrons. The molecular formula is C17H19N4OS+. The average molecular weight is 327 g/mol. The Balaban J connectivity index is 1.85. The molecule has 0 saturated carbocycles. The molecule has 0 spiro atoms. The molecule has 1 aromatic carbocycles. The molecule has 0 aliphatic heterocycles. The van der Waals surface area contributed by atoms with Gasteiger partial charge in [-0.05, 0) is 30.7 Å². The number of fused-ring (bicyclic) bond motifs is 1. The molecule has 23 heavy (non-hydrogen) atoms. The van der Waals surface area contributed by atoms with Gasteiger partial charge in [-0.2, -0.15) is 4.98 Å². The SMILES string of the molecule is Cc1ccc2nc(NC(=O)c3cccc([N+](C)(C)C)n3)sc2c1. The lowest BCUT2D eigenvalue weighted by Crippen LogP contribution is -2.36. The summed E-state index contributed by atoms with van der Waals surface area (Å²) in [5.41, 5.74) is 2.46. The third kappa shape index (κ3) is 3.38. The predicted octanol–water partition coefficient (Wildman–Crippen LogP) is 3.45. The van der Waals surface area contributed by atoms with Crippen LogP contribution in [0.4, 0.5) is 10.9 Å². The zero-order chi connectivity index (χ0) is 16.6. The number of nitrogens with one attached hydrogen (secondary N) is 1. The van der Waals surface area contributed by atoms with E-state index in [1.165, 1.54) is 16.9 Å². The Hall–Kier alpha value is -2.31. The minimum absolute atomic E-state index is 0.240. The lowest BCUT2D eigenvalue weighted by Gasteiger charge is -2.21. The van der Waals surface area contributed by atoms with Crippen LogP contribution in [0.5, 0.6) is 0 Å². The van der Waals surface area contributed by atoms with Crippen molar-refractivity contribution >= 4 is 38.4 Å². The van der Waals surface area contributed by atoms with Crippen LogP contribution in [0.15, 0.2) is 36.4 Å². The van der Waals surface area contributed by atoms with Gasteiger partial charge in [0, 0.05) is 6.07 Å². The minimum atomic E-state index is -0.240. The highest BCUT2D eigenvalue weighted by atomic mass is 32.1. The van der Waals surface area contributed by atoms with E-state index in [0.717, 1.165) is 16.0 Å². The summed E-state index contributed by atoms with van der Waals surface area (Å²) in [5, 5.41) is 3.44. The topological polar surface area (TPSA) is 54.9 Å². The summed E-state index contributed by atoms with van der Waals surface area (Å²) >= 11 is 1.47. The Kier molecular flexibility index (Phi) is 3.87. The number of aromatic nitrogens is 2. The summed E-state index contributed by atoms with van der Waals surface area (Å²) in [7, 11) is 6.04. The van der Waals surface area contributed by atoms with Gasteiger partial charge >= 0.3 is 0 Å². The van der Waals surface area contributed by atoms with Gasteiger partial charge in [0.05, 0.1) is 31.4 Å². The molecule has 3 rings (SSSR count). The number of thiazole rings is 1. The number of hydrogen-bond donors (Lipinski definition) is 1. The van der Waals surface area contributed by atoms with Crippen molar-refractivity contribution < 1.29 is 4.79 Å². The van der Waals surface area contributed by atoms with Crippen molar-refractivity contribution in [3.63, 3.8) is 0 Å². The van der Waals surface area contributed by atoms with E-state index in [0.29, 0.717) is 15.3 Å². The van der Waals surface area contributed by atoms with E-state index in [9.17, 15) is 4.79 Å². The van der Waals surface area contributed by atoms with Crippen molar-refractivity contribution in [1.82, 2.24) is 14.5 Å². The summed E-state index contributed by atoms with van der Waals surface area (Å²) in [6, 6.07) is 11.5. The van der Waals surface area contributed by atoms with Crippen molar-refractivity contribution in [2.45, 2.75) is 6.92 Å². The van der Waals surface area contributed by atoms with Crippen LogP contribution in [-0.2, 0) is 0 Å². The number of anilines is 1. The van der Waals surface area contributed by atoms with Crippen molar-refractivity contribution in [3.05, 3.63) is 47.7 Å². The first-order valence-electron chi connectivity index (χ1n) is 7.30. The summed E-state index contributed by atoms with van der Waals surface area (Å²) in [6.45, 7) is 2.04. The number of amides is 1. The summed E-state index contributed by atoms with van der Waals surface area (Å²) in [6.07, 6.45) is 0. The lowest BCUT2D eigenvalue weighted by atomic mass is 10.2. The molecule has 0 radical (unpaired) electrons. The van der Waals surface area contributed by atoms with Crippen LogP contribution >= 0.6 is 11.3 Å². The number of carbonyl (C=O) groups is 1. The number of pyridine rings is 1. The Morgan fingerprint density at radius 2 is 1.91 bits per heavy atom. The van der Waals surface area contributed by atoms with Crippen LogP contribution in [0, 0.1) is 6.92 Å². The first-order valence-corrected chi connectivity index (χ1v) is 8.12. The van der Waals surface area contributed by atoms with Crippen LogP contribution in [-0.4, -0.2) is 37.0 Å². The normalized spacial score (nSPS) is 11.7. The molecule has 3 aromatic rings. The Morgan fingerprint density at radius 3 is 2.65 bits per heavy atom. The zero-order valence-corrected chi connectivity index (χ0v) is 14.4. The molecule has 2 aromatic heterocycles. The van der Waals surface area contributed by atoms with Gasteiger partial charge in [0.25, 0.3) is 5.91 Å². The number of rotatable bonds is 3. The highest BCUT2D eigenvalue weighted by Crippen LogP contribution is 2.27. The van der Waals surface area contributed by atoms with Crippen LogP contribution < -0.4 is 9.80 Å². The zero-order valence-electron chi connectivity index (χ0n) is 13.6. The number of hydrogen-bond acceptors (Lipinski definition) is 4. The molecule has 1 amide bonds. The van der Waals surface area contributed by atoms with Crippen LogP contribution in [0.2, 0.25) is 0 Å². The van der Waals surface area contributed by atoms with E-state index in [4.69, 9.17) is 0 Å². The quantitative estimate of drug-likeness (QED) is 0.750. The monoisotopic (exact) mass is 327 g/mol. The van der Waals surface area contributed by atoms with Gasteiger partial charge in [0.1, 0.15) is 5.69 Å². The highest BCUT2D eigenvalue weighted by Gasteiger charge is 2.17. The smallest absolute Gasteiger partial charge is 0.276 e. The number of quaternary nitrogens is 1. The molecule has 5 nitrogen and oxygen atoms in total. The second kappa shape index (κ2) is 5.72. The summed E-state index contributed by atoms with van der Waals surface area (Å²) < 4.78 is 1.62. The molecule has 1 N–H and O–H groups in total. The molecule has 0 aliphatic carbocycles.